The number of rotatable bonds is 8. The summed E-state index contributed by atoms with van der Waals surface area (Å²) < 4.78 is 5.31. The minimum absolute atomic E-state index is 0.0478. The summed E-state index contributed by atoms with van der Waals surface area (Å²) in [6, 6.07) is 13.8. The van der Waals surface area contributed by atoms with Crippen LogP contribution in [-0.4, -0.2) is 39.0 Å². The monoisotopic (exact) mass is 493 g/mol. The van der Waals surface area contributed by atoms with Gasteiger partial charge in [-0.05, 0) is 53.3 Å². The molecule has 1 aromatic carbocycles. The second-order valence-electron chi connectivity index (χ2n) is 8.21. The number of nitrogens with zero attached hydrogens (tertiary/aromatic N) is 4. The smallest absolute Gasteiger partial charge is 0.227 e. The Bertz CT molecular complexity index is 1240. The topological polar surface area (TPSA) is 84.1 Å². The van der Waals surface area contributed by atoms with Crippen LogP contribution in [0.15, 0.2) is 64.8 Å². The third-order valence-corrected chi connectivity index (χ3v) is 7.25. The maximum atomic E-state index is 12.7. The van der Waals surface area contributed by atoms with Crippen molar-refractivity contribution in [3.8, 4) is 11.4 Å². The van der Waals surface area contributed by atoms with Gasteiger partial charge in [0, 0.05) is 60.3 Å². The maximum absolute atomic E-state index is 12.7. The number of aryl methyl sites for hydroxylation is 1. The van der Waals surface area contributed by atoms with Gasteiger partial charge in [0.05, 0.1) is 6.04 Å². The van der Waals surface area contributed by atoms with Crippen molar-refractivity contribution in [2.45, 2.75) is 31.8 Å². The number of pyridine rings is 1. The summed E-state index contributed by atoms with van der Waals surface area (Å²) in [7, 11) is 0. The van der Waals surface area contributed by atoms with Gasteiger partial charge in [0.25, 0.3) is 0 Å². The number of aromatic nitrogens is 3. The van der Waals surface area contributed by atoms with Crippen LogP contribution in [0.5, 0.6) is 0 Å². The zero-order chi connectivity index (χ0) is 23.3. The van der Waals surface area contributed by atoms with E-state index in [1.807, 2.05) is 47.7 Å². The van der Waals surface area contributed by atoms with Gasteiger partial charge in [-0.3, -0.25) is 14.7 Å². The van der Waals surface area contributed by atoms with Gasteiger partial charge in [0.1, 0.15) is 0 Å². The predicted octanol–water partition coefficient (Wildman–Crippen LogP) is 4.69. The molecule has 0 radical (unpaired) electrons. The summed E-state index contributed by atoms with van der Waals surface area (Å²) >= 11 is 7.94. The molecule has 1 unspecified atom stereocenters. The molecule has 34 heavy (non-hydrogen) atoms. The largest absolute Gasteiger partial charge is 0.354 e. The van der Waals surface area contributed by atoms with Gasteiger partial charge in [-0.2, -0.15) is 4.98 Å². The minimum Gasteiger partial charge on any atom is -0.354 e. The van der Waals surface area contributed by atoms with E-state index in [1.165, 1.54) is 10.4 Å². The molecule has 1 N–H and O–H groups in total. The number of benzene rings is 1. The SMILES string of the molecule is O=C(CCc1nc(-c2cccnc2)no1)NCC(c1ccc(Cl)cc1)N1CCc2sccc2C1. The molecule has 0 fully saturated rings. The van der Waals surface area contributed by atoms with Crippen molar-refractivity contribution >= 4 is 28.8 Å². The number of fused-ring (bicyclic) bond motifs is 1. The fraction of sp³-hybridized carbons (Fsp3) is 0.280. The molecule has 7 nitrogen and oxygen atoms in total. The van der Waals surface area contributed by atoms with E-state index < -0.39 is 0 Å². The van der Waals surface area contributed by atoms with Gasteiger partial charge in [0.15, 0.2) is 0 Å². The number of carbonyl (C=O) groups is 1. The molecule has 1 aliphatic heterocycles. The van der Waals surface area contributed by atoms with Crippen LogP contribution in [0.3, 0.4) is 0 Å². The van der Waals surface area contributed by atoms with Gasteiger partial charge < -0.3 is 9.84 Å². The van der Waals surface area contributed by atoms with Gasteiger partial charge in [0.2, 0.25) is 17.6 Å². The average Bonchev–Trinajstić information content (AvgIpc) is 3.54. The Labute approximate surface area is 206 Å². The van der Waals surface area contributed by atoms with Crippen LogP contribution >= 0.6 is 22.9 Å². The molecule has 0 aliphatic carbocycles. The summed E-state index contributed by atoms with van der Waals surface area (Å²) in [6.45, 7) is 2.35. The summed E-state index contributed by atoms with van der Waals surface area (Å²) in [5.41, 5.74) is 3.30. The maximum Gasteiger partial charge on any atom is 0.227 e. The van der Waals surface area contributed by atoms with Crippen LogP contribution in [0.4, 0.5) is 0 Å². The highest BCUT2D eigenvalue weighted by Gasteiger charge is 2.26. The molecule has 4 aromatic rings. The zero-order valence-electron chi connectivity index (χ0n) is 18.5. The second kappa shape index (κ2) is 10.5. The molecular formula is C25H24ClN5O2S. The van der Waals surface area contributed by atoms with E-state index in [0.29, 0.717) is 29.7 Å². The highest BCUT2D eigenvalue weighted by molar-refractivity contribution is 7.10. The summed E-state index contributed by atoms with van der Waals surface area (Å²) in [4.78, 5) is 25.0. The van der Waals surface area contributed by atoms with Gasteiger partial charge in [-0.25, -0.2) is 0 Å². The van der Waals surface area contributed by atoms with Crippen molar-refractivity contribution in [1.29, 1.82) is 0 Å². The van der Waals surface area contributed by atoms with E-state index in [-0.39, 0.29) is 18.4 Å². The Morgan fingerprint density at radius 2 is 2.12 bits per heavy atom. The number of amides is 1. The fourth-order valence-electron chi connectivity index (χ4n) is 4.17. The molecule has 1 aliphatic rings. The van der Waals surface area contributed by atoms with E-state index in [9.17, 15) is 4.79 Å². The normalized spacial score (nSPS) is 14.5. The van der Waals surface area contributed by atoms with E-state index in [0.717, 1.165) is 30.6 Å². The molecule has 3 aromatic heterocycles. The van der Waals surface area contributed by atoms with Crippen molar-refractivity contribution in [3.63, 3.8) is 0 Å². The minimum atomic E-state index is -0.0478. The molecule has 1 amide bonds. The molecule has 0 saturated heterocycles. The Morgan fingerprint density at radius 3 is 2.94 bits per heavy atom. The van der Waals surface area contributed by atoms with E-state index in [4.69, 9.17) is 16.1 Å². The lowest BCUT2D eigenvalue weighted by Crippen LogP contribution is -2.40. The van der Waals surface area contributed by atoms with Crippen LogP contribution in [0.25, 0.3) is 11.4 Å². The predicted molar refractivity (Wildman–Crippen MR) is 131 cm³/mol. The Balaban J connectivity index is 1.20. The highest BCUT2D eigenvalue weighted by Crippen LogP contribution is 2.30. The summed E-state index contributed by atoms with van der Waals surface area (Å²) in [5.74, 6) is 0.863. The number of hydrogen-bond acceptors (Lipinski definition) is 7. The lowest BCUT2D eigenvalue weighted by molar-refractivity contribution is -0.121. The Hall–Kier alpha value is -3.07. The van der Waals surface area contributed by atoms with Crippen LogP contribution in [0.1, 0.15) is 34.4 Å². The number of hydrogen-bond donors (Lipinski definition) is 1. The van der Waals surface area contributed by atoms with E-state index >= 15 is 0 Å². The lowest BCUT2D eigenvalue weighted by Gasteiger charge is -2.35. The van der Waals surface area contributed by atoms with Crippen molar-refractivity contribution in [3.05, 3.63) is 87.2 Å². The first-order valence-corrected chi connectivity index (χ1v) is 12.5. The Morgan fingerprint density at radius 1 is 1.24 bits per heavy atom. The Kier molecular flexibility index (Phi) is 6.99. The molecule has 0 spiro atoms. The first-order valence-electron chi connectivity index (χ1n) is 11.2. The number of carbonyl (C=O) groups excluding carboxylic acids is 1. The molecule has 174 valence electrons. The number of halogens is 1. The number of thiophene rings is 1. The van der Waals surface area contributed by atoms with Crippen LogP contribution < -0.4 is 5.32 Å². The van der Waals surface area contributed by atoms with Crippen molar-refractivity contribution < 1.29 is 9.32 Å². The van der Waals surface area contributed by atoms with Gasteiger partial charge in [-0.15, -0.1) is 11.3 Å². The van der Waals surface area contributed by atoms with Gasteiger partial charge >= 0.3 is 0 Å². The standard InChI is InChI=1S/C25H24ClN5O2S/c26-20-5-3-17(4-6-20)21(31-12-9-22-19(16-31)10-13-34-22)15-28-23(32)7-8-24-29-25(30-33-24)18-2-1-11-27-14-18/h1-6,10-11,13-14,21H,7-9,12,15-16H2,(H,28,32). The molecular weight excluding hydrogens is 470 g/mol. The molecule has 0 saturated carbocycles. The van der Waals surface area contributed by atoms with Crippen molar-refractivity contribution in [1.82, 2.24) is 25.3 Å². The number of nitrogens with one attached hydrogen (secondary N) is 1. The van der Waals surface area contributed by atoms with Gasteiger partial charge in [-0.1, -0.05) is 28.9 Å². The average molecular weight is 494 g/mol. The summed E-state index contributed by atoms with van der Waals surface area (Å²) in [6.07, 6.45) is 5.05. The lowest BCUT2D eigenvalue weighted by atomic mass is 10.0. The second-order valence-corrected chi connectivity index (χ2v) is 9.65. The fourth-order valence-corrected chi connectivity index (χ4v) is 5.18. The van der Waals surface area contributed by atoms with E-state index in [2.05, 4.69) is 36.8 Å². The van der Waals surface area contributed by atoms with Crippen LogP contribution in [0, 0.1) is 0 Å². The quantitative estimate of drug-likeness (QED) is 0.383. The third kappa shape index (κ3) is 5.35. The third-order valence-electron chi connectivity index (χ3n) is 5.98. The summed E-state index contributed by atoms with van der Waals surface area (Å²) in [5, 5.41) is 9.96. The molecule has 1 atom stereocenters. The van der Waals surface area contributed by atoms with Crippen molar-refractivity contribution in [2.75, 3.05) is 13.1 Å². The molecule has 4 heterocycles. The first kappa shape index (κ1) is 22.7. The van der Waals surface area contributed by atoms with Crippen LogP contribution in [0.2, 0.25) is 5.02 Å². The molecule has 5 rings (SSSR count). The molecule has 0 bridgehead atoms. The highest BCUT2D eigenvalue weighted by atomic mass is 35.5. The van der Waals surface area contributed by atoms with Crippen LogP contribution in [-0.2, 0) is 24.2 Å². The molecule has 9 heteroatoms. The zero-order valence-corrected chi connectivity index (χ0v) is 20.1. The first-order chi connectivity index (χ1) is 16.7. The van der Waals surface area contributed by atoms with Crippen molar-refractivity contribution in [2.24, 2.45) is 0 Å². The van der Waals surface area contributed by atoms with E-state index in [1.54, 1.807) is 12.4 Å².